The normalized spacial score (nSPS) is 10.4. The van der Waals surface area contributed by atoms with Gasteiger partial charge < -0.3 is 9.84 Å². The average Bonchev–Trinajstić information content (AvgIpc) is 2.74. The third-order valence-corrected chi connectivity index (χ3v) is 3.56. The molecule has 0 spiro atoms. The largest absolute Gasteiger partial charge is 0.497 e. The molecule has 1 N–H and O–H groups in total. The van der Waals surface area contributed by atoms with Gasteiger partial charge in [0.25, 0.3) is 0 Å². The first kappa shape index (κ1) is 11.2. The van der Waals surface area contributed by atoms with E-state index >= 15 is 0 Å². The Balaban J connectivity index is 2.48. The lowest BCUT2D eigenvalue weighted by Crippen LogP contribution is -1.90. The van der Waals surface area contributed by atoms with Crippen molar-refractivity contribution < 1.29 is 9.84 Å². The maximum atomic E-state index is 9.36. The molecule has 1 heterocycles. The maximum absolute atomic E-state index is 9.36. The van der Waals surface area contributed by atoms with E-state index < -0.39 is 0 Å². The summed E-state index contributed by atoms with van der Waals surface area (Å²) in [7, 11) is 1.63. The highest BCUT2D eigenvalue weighted by atomic mass is 32.1. The van der Waals surface area contributed by atoms with E-state index in [0.29, 0.717) is 0 Å². The van der Waals surface area contributed by atoms with E-state index in [4.69, 9.17) is 4.74 Å². The summed E-state index contributed by atoms with van der Waals surface area (Å²) in [6, 6.07) is 7.93. The monoisotopic (exact) mass is 234 g/mol. The predicted octanol–water partition coefficient (Wildman–Crippen LogP) is 3.22. The number of methoxy groups -OCH3 is 1. The van der Waals surface area contributed by atoms with E-state index in [1.54, 1.807) is 18.4 Å². The van der Waals surface area contributed by atoms with Gasteiger partial charge in [-0.3, -0.25) is 0 Å². The topological polar surface area (TPSA) is 29.5 Å². The van der Waals surface area contributed by atoms with E-state index in [0.717, 1.165) is 16.9 Å². The van der Waals surface area contributed by atoms with E-state index in [9.17, 15) is 5.11 Å². The molecule has 0 fully saturated rings. The lowest BCUT2D eigenvalue weighted by atomic mass is 10.1. The van der Waals surface area contributed by atoms with E-state index in [1.807, 2.05) is 18.2 Å². The van der Waals surface area contributed by atoms with Crippen LogP contribution in [0.15, 0.2) is 29.6 Å². The molecule has 84 valence electrons. The summed E-state index contributed by atoms with van der Waals surface area (Å²) in [4.78, 5) is 1.18. The number of ether oxygens (including phenoxy) is 1. The first-order valence-electron chi connectivity index (χ1n) is 5.08. The average molecular weight is 234 g/mol. The van der Waals surface area contributed by atoms with Gasteiger partial charge in [-0.2, -0.15) is 0 Å². The Morgan fingerprint density at radius 2 is 2.12 bits per heavy atom. The summed E-state index contributed by atoms with van der Waals surface area (Å²) in [6.45, 7) is 2.10. The van der Waals surface area contributed by atoms with Gasteiger partial charge in [0.2, 0.25) is 0 Å². The second kappa shape index (κ2) is 4.68. The van der Waals surface area contributed by atoms with Crippen LogP contribution in [0.2, 0.25) is 0 Å². The summed E-state index contributed by atoms with van der Waals surface area (Å²) in [5.74, 6) is 0.779. The maximum Gasteiger partial charge on any atom is 0.119 e. The molecule has 0 aliphatic carbocycles. The van der Waals surface area contributed by atoms with Gasteiger partial charge in [0.15, 0.2) is 0 Å². The van der Waals surface area contributed by atoms with Crippen molar-refractivity contribution >= 4 is 11.3 Å². The van der Waals surface area contributed by atoms with Crippen LogP contribution in [0.5, 0.6) is 5.75 Å². The Kier molecular flexibility index (Phi) is 3.27. The Labute approximate surface area is 99.1 Å². The molecule has 3 heteroatoms. The second-order valence-electron chi connectivity index (χ2n) is 3.67. The quantitative estimate of drug-likeness (QED) is 0.883. The summed E-state index contributed by atoms with van der Waals surface area (Å²) in [5, 5.41) is 11.5. The molecule has 16 heavy (non-hydrogen) atoms. The van der Waals surface area contributed by atoms with Gasteiger partial charge >= 0.3 is 0 Å². The van der Waals surface area contributed by atoms with Crippen LogP contribution in [0.4, 0.5) is 0 Å². The molecule has 0 amide bonds. The molecule has 1 aromatic carbocycles. The lowest BCUT2D eigenvalue weighted by molar-refractivity contribution is 0.281. The van der Waals surface area contributed by atoms with Gasteiger partial charge in [-0.05, 0) is 53.3 Å². The standard InChI is InChI=1S/C13H14O2S/c1-9-5-13(16-8-9)12-4-3-11(15-2)6-10(12)7-14/h3-6,8,14H,7H2,1-2H3. The molecule has 2 aromatic rings. The Bertz CT molecular complexity index is 488. The van der Waals surface area contributed by atoms with Gasteiger partial charge in [-0.25, -0.2) is 0 Å². The van der Waals surface area contributed by atoms with Gasteiger partial charge in [0, 0.05) is 4.88 Å². The zero-order valence-corrected chi connectivity index (χ0v) is 10.2. The SMILES string of the molecule is COc1ccc(-c2cc(C)cs2)c(CO)c1. The molecular formula is C13H14O2S. The highest BCUT2D eigenvalue weighted by molar-refractivity contribution is 7.13. The Morgan fingerprint density at radius 1 is 1.31 bits per heavy atom. The first-order chi connectivity index (χ1) is 7.74. The van der Waals surface area contributed by atoms with Crippen LogP contribution in [0.1, 0.15) is 11.1 Å². The molecule has 2 rings (SSSR count). The van der Waals surface area contributed by atoms with Crippen molar-refractivity contribution in [2.24, 2.45) is 0 Å². The third-order valence-electron chi connectivity index (χ3n) is 2.48. The Hall–Kier alpha value is -1.32. The summed E-state index contributed by atoms with van der Waals surface area (Å²) < 4.78 is 5.15. The summed E-state index contributed by atoms with van der Waals surface area (Å²) in [5.41, 5.74) is 3.24. The van der Waals surface area contributed by atoms with Crippen LogP contribution >= 0.6 is 11.3 Å². The number of benzene rings is 1. The molecule has 0 aliphatic rings. The van der Waals surface area contributed by atoms with Gasteiger partial charge in [0.05, 0.1) is 13.7 Å². The molecule has 0 unspecified atom stereocenters. The number of aliphatic hydroxyl groups is 1. The minimum absolute atomic E-state index is 0.0312. The number of aryl methyl sites for hydroxylation is 1. The molecule has 0 saturated heterocycles. The van der Waals surface area contributed by atoms with Crippen molar-refractivity contribution in [3.63, 3.8) is 0 Å². The second-order valence-corrected chi connectivity index (χ2v) is 4.58. The van der Waals surface area contributed by atoms with Crippen LogP contribution in [-0.2, 0) is 6.61 Å². The molecule has 0 aliphatic heterocycles. The molecule has 1 aromatic heterocycles. The highest BCUT2D eigenvalue weighted by Gasteiger charge is 2.07. The summed E-state index contributed by atoms with van der Waals surface area (Å²) in [6.07, 6.45) is 0. The van der Waals surface area contributed by atoms with E-state index in [2.05, 4.69) is 18.4 Å². The fourth-order valence-electron chi connectivity index (χ4n) is 1.64. The molecular weight excluding hydrogens is 220 g/mol. The van der Waals surface area contributed by atoms with Crippen LogP contribution in [-0.4, -0.2) is 12.2 Å². The molecule has 0 saturated carbocycles. The number of thiophene rings is 1. The third kappa shape index (κ3) is 2.10. The van der Waals surface area contributed by atoms with Crippen LogP contribution in [0.25, 0.3) is 10.4 Å². The zero-order chi connectivity index (χ0) is 11.5. The van der Waals surface area contributed by atoms with Crippen molar-refractivity contribution in [2.75, 3.05) is 7.11 Å². The van der Waals surface area contributed by atoms with Crippen LogP contribution in [0.3, 0.4) is 0 Å². The van der Waals surface area contributed by atoms with Crippen molar-refractivity contribution in [3.05, 3.63) is 40.8 Å². The minimum atomic E-state index is 0.0312. The fraction of sp³-hybridized carbons (Fsp3) is 0.231. The van der Waals surface area contributed by atoms with Crippen LogP contribution in [0, 0.1) is 6.92 Å². The number of hydrogen-bond donors (Lipinski definition) is 1. The molecule has 2 nitrogen and oxygen atoms in total. The summed E-state index contributed by atoms with van der Waals surface area (Å²) >= 11 is 1.69. The molecule has 0 atom stereocenters. The molecule has 0 radical (unpaired) electrons. The molecule has 0 bridgehead atoms. The van der Waals surface area contributed by atoms with Crippen molar-refractivity contribution in [2.45, 2.75) is 13.5 Å². The first-order valence-corrected chi connectivity index (χ1v) is 5.96. The van der Waals surface area contributed by atoms with Gasteiger partial charge in [-0.15, -0.1) is 11.3 Å². The van der Waals surface area contributed by atoms with E-state index in [1.165, 1.54) is 10.4 Å². The smallest absolute Gasteiger partial charge is 0.119 e. The Morgan fingerprint density at radius 3 is 2.69 bits per heavy atom. The van der Waals surface area contributed by atoms with Gasteiger partial charge in [-0.1, -0.05) is 0 Å². The van der Waals surface area contributed by atoms with Crippen LogP contribution < -0.4 is 4.74 Å². The fourth-order valence-corrected chi connectivity index (χ4v) is 2.60. The lowest BCUT2D eigenvalue weighted by Gasteiger charge is -2.07. The number of hydrogen-bond acceptors (Lipinski definition) is 3. The minimum Gasteiger partial charge on any atom is -0.497 e. The van der Waals surface area contributed by atoms with Crippen molar-refractivity contribution in [1.82, 2.24) is 0 Å². The number of aliphatic hydroxyl groups excluding tert-OH is 1. The number of rotatable bonds is 3. The highest BCUT2D eigenvalue weighted by Crippen LogP contribution is 2.32. The van der Waals surface area contributed by atoms with Crippen molar-refractivity contribution in [1.29, 1.82) is 0 Å². The van der Waals surface area contributed by atoms with Gasteiger partial charge in [0.1, 0.15) is 5.75 Å². The zero-order valence-electron chi connectivity index (χ0n) is 9.36. The van der Waals surface area contributed by atoms with Crippen molar-refractivity contribution in [3.8, 4) is 16.2 Å². The predicted molar refractivity (Wildman–Crippen MR) is 67.0 cm³/mol. The van der Waals surface area contributed by atoms with E-state index in [-0.39, 0.29) is 6.61 Å².